The number of morpholine rings is 1. The highest BCUT2D eigenvalue weighted by Crippen LogP contribution is 2.17. The lowest BCUT2D eigenvalue weighted by Crippen LogP contribution is -2.44. The molecular formula is C18H22FN5O. The van der Waals surface area contributed by atoms with E-state index in [1.165, 1.54) is 6.07 Å². The molecule has 132 valence electrons. The molecule has 1 saturated heterocycles. The lowest BCUT2D eigenvalue weighted by Gasteiger charge is -2.32. The molecule has 25 heavy (non-hydrogen) atoms. The van der Waals surface area contributed by atoms with E-state index in [0.717, 1.165) is 42.4 Å². The van der Waals surface area contributed by atoms with Crippen LogP contribution in [0.1, 0.15) is 17.2 Å². The van der Waals surface area contributed by atoms with Crippen LogP contribution in [0.2, 0.25) is 0 Å². The highest BCUT2D eigenvalue weighted by atomic mass is 19.1. The lowest BCUT2D eigenvalue weighted by molar-refractivity contribution is -0.0410. The lowest BCUT2D eigenvalue weighted by atomic mass is 10.2. The van der Waals surface area contributed by atoms with Crippen LogP contribution in [0.4, 0.5) is 4.39 Å². The monoisotopic (exact) mass is 343 g/mol. The molecule has 1 aromatic carbocycles. The molecule has 0 aliphatic carbocycles. The predicted octanol–water partition coefficient (Wildman–Crippen LogP) is 2.42. The van der Waals surface area contributed by atoms with Gasteiger partial charge in [0, 0.05) is 18.8 Å². The average Bonchev–Trinajstić information content (AvgIpc) is 3.11. The van der Waals surface area contributed by atoms with Crippen molar-refractivity contribution in [2.24, 2.45) is 0 Å². The number of ether oxygens (including phenoxy) is 1. The zero-order valence-corrected chi connectivity index (χ0v) is 14.5. The largest absolute Gasteiger partial charge is 0.374 e. The molecule has 7 heteroatoms. The molecule has 2 aromatic heterocycles. The van der Waals surface area contributed by atoms with Gasteiger partial charge in [-0.2, -0.15) is 5.10 Å². The first-order chi connectivity index (χ1) is 12.1. The Balaban J connectivity index is 1.43. The zero-order chi connectivity index (χ0) is 17.4. The fourth-order valence-electron chi connectivity index (χ4n) is 3.42. The first-order valence-corrected chi connectivity index (χ1v) is 8.56. The van der Waals surface area contributed by atoms with Crippen molar-refractivity contribution in [1.29, 1.82) is 0 Å². The molecule has 6 nitrogen and oxygen atoms in total. The number of aromatic nitrogens is 4. The molecule has 1 N–H and O–H groups in total. The second-order valence-electron chi connectivity index (χ2n) is 6.66. The molecule has 0 amide bonds. The highest BCUT2D eigenvalue weighted by molar-refractivity contribution is 5.75. The van der Waals surface area contributed by atoms with Crippen molar-refractivity contribution < 1.29 is 9.13 Å². The minimum Gasteiger partial charge on any atom is -0.374 e. The van der Waals surface area contributed by atoms with Crippen LogP contribution < -0.4 is 0 Å². The van der Waals surface area contributed by atoms with E-state index >= 15 is 0 Å². The number of nitrogens with one attached hydrogen (secondary N) is 1. The van der Waals surface area contributed by atoms with Gasteiger partial charge in [-0.3, -0.25) is 9.58 Å². The number of rotatable bonds is 4. The third-order valence-electron chi connectivity index (χ3n) is 4.59. The molecule has 0 radical (unpaired) electrons. The maximum Gasteiger partial charge on any atom is 0.151 e. The van der Waals surface area contributed by atoms with E-state index in [2.05, 4.69) is 33.0 Å². The summed E-state index contributed by atoms with van der Waals surface area (Å²) >= 11 is 0. The Morgan fingerprint density at radius 3 is 3.00 bits per heavy atom. The Morgan fingerprint density at radius 2 is 2.24 bits per heavy atom. The van der Waals surface area contributed by atoms with Gasteiger partial charge >= 0.3 is 0 Å². The first kappa shape index (κ1) is 16.2. The van der Waals surface area contributed by atoms with Gasteiger partial charge in [0.1, 0.15) is 11.3 Å². The van der Waals surface area contributed by atoms with Crippen molar-refractivity contribution in [3.8, 4) is 0 Å². The van der Waals surface area contributed by atoms with E-state index < -0.39 is 0 Å². The molecule has 4 rings (SSSR count). The standard InChI is InChI=1S/C18H22FN5O/c1-12-8-13(2)24(22-12)10-14-9-23(6-7-25-14)11-17-20-16-5-3-4-15(19)18(16)21-17/h3-5,8,14H,6-7,9-11H2,1-2H3,(H,20,21)/t14-/m1/s1. The number of para-hydroxylation sites is 1. The number of nitrogens with zero attached hydrogens (tertiary/aromatic N) is 4. The molecule has 1 atom stereocenters. The Morgan fingerprint density at radius 1 is 1.36 bits per heavy atom. The van der Waals surface area contributed by atoms with Crippen LogP contribution in [0, 0.1) is 19.7 Å². The Kier molecular flexibility index (Phi) is 4.27. The van der Waals surface area contributed by atoms with Crippen LogP contribution in [-0.2, 0) is 17.8 Å². The van der Waals surface area contributed by atoms with Crippen molar-refractivity contribution in [1.82, 2.24) is 24.6 Å². The van der Waals surface area contributed by atoms with Crippen molar-refractivity contribution in [3.63, 3.8) is 0 Å². The normalized spacial score (nSPS) is 18.9. The summed E-state index contributed by atoms with van der Waals surface area (Å²) in [5, 5.41) is 4.51. The topological polar surface area (TPSA) is 59.0 Å². The third-order valence-corrected chi connectivity index (χ3v) is 4.59. The van der Waals surface area contributed by atoms with Crippen molar-refractivity contribution in [2.75, 3.05) is 19.7 Å². The molecule has 0 saturated carbocycles. The van der Waals surface area contributed by atoms with Gasteiger partial charge in [-0.15, -0.1) is 0 Å². The summed E-state index contributed by atoms with van der Waals surface area (Å²) in [5.41, 5.74) is 3.31. The average molecular weight is 343 g/mol. The Bertz CT molecular complexity index is 887. The zero-order valence-electron chi connectivity index (χ0n) is 14.5. The Hall–Kier alpha value is -2.25. The van der Waals surface area contributed by atoms with Gasteiger partial charge in [0.05, 0.1) is 37.0 Å². The summed E-state index contributed by atoms with van der Waals surface area (Å²) in [4.78, 5) is 9.90. The predicted molar refractivity (Wildman–Crippen MR) is 92.8 cm³/mol. The number of benzene rings is 1. The summed E-state index contributed by atoms with van der Waals surface area (Å²) in [5.74, 6) is 0.497. The summed E-state index contributed by atoms with van der Waals surface area (Å²) in [6, 6.07) is 7.05. The number of hydrogen-bond acceptors (Lipinski definition) is 4. The fraction of sp³-hybridized carbons (Fsp3) is 0.444. The van der Waals surface area contributed by atoms with Crippen LogP contribution in [0.5, 0.6) is 0 Å². The summed E-state index contributed by atoms with van der Waals surface area (Å²) in [6.45, 7) is 7.78. The van der Waals surface area contributed by atoms with Gasteiger partial charge < -0.3 is 9.72 Å². The maximum atomic E-state index is 13.8. The smallest absolute Gasteiger partial charge is 0.151 e. The van der Waals surface area contributed by atoms with Crippen LogP contribution >= 0.6 is 0 Å². The van der Waals surface area contributed by atoms with Gasteiger partial charge in [0.2, 0.25) is 0 Å². The number of imidazole rings is 1. The summed E-state index contributed by atoms with van der Waals surface area (Å²) in [7, 11) is 0. The molecule has 0 bridgehead atoms. The second-order valence-corrected chi connectivity index (χ2v) is 6.66. The number of halogens is 1. The quantitative estimate of drug-likeness (QED) is 0.790. The van der Waals surface area contributed by atoms with Gasteiger partial charge in [-0.05, 0) is 32.0 Å². The van der Waals surface area contributed by atoms with Gasteiger partial charge in [-0.25, -0.2) is 9.37 Å². The minimum atomic E-state index is -0.288. The number of aryl methyl sites for hydroxylation is 2. The van der Waals surface area contributed by atoms with Crippen LogP contribution in [0.15, 0.2) is 24.3 Å². The summed E-state index contributed by atoms with van der Waals surface area (Å²) < 4.78 is 21.7. The molecule has 3 heterocycles. The van der Waals surface area contributed by atoms with Gasteiger partial charge in [-0.1, -0.05) is 6.07 Å². The van der Waals surface area contributed by atoms with E-state index in [0.29, 0.717) is 18.7 Å². The third kappa shape index (κ3) is 3.43. The molecule has 1 aliphatic heterocycles. The number of H-pyrrole nitrogens is 1. The molecule has 0 unspecified atom stereocenters. The molecule has 1 aliphatic rings. The van der Waals surface area contributed by atoms with Crippen molar-refractivity contribution >= 4 is 11.0 Å². The molecule has 1 fully saturated rings. The molecule has 0 spiro atoms. The first-order valence-electron chi connectivity index (χ1n) is 8.56. The Labute approximate surface area is 145 Å². The van der Waals surface area contributed by atoms with Crippen LogP contribution in [-0.4, -0.2) is 50.4 Å². The van der Waals surface area contributed by atoms with E-state index in [-0.39, 0.29) is 11.9 Å². The van der Waals surface area contributed by atoms with E-state index in [4.69, 9.17) is 4.74 Å². The van der Waals surface area contributed by atoms with Gasteiger partial charge in [0.25, 0.3) is 0 Å². The van der Waals surface area contributed by atoms with Gasteiger partial charge in [0.15, 0.2) is 5.82 Å². The SMILES string of the molecule is Cc1cc(C)n(C[C@H]2CN(Cc3nc4c(F)cccc4[nH]3)CCO2)n1. The number of fused-ring (bicyclic) bond motifs is 1. The summed E-state index contributed by atoms with van der Waals surface area (Å²) in [6.07, 6.45) is 0.0906. The van der Waals surface area contributed by atoms with E-state index in [1.54, 1.807) is 6.07 Å². The number of hydrogen-bond donors (Lipinski definition) is 1. The van der Waals surface area contributed by atoms with Crippen molar-refractivity contribution in [2.45, 2.75) is 33.0 Å². The van der Waals surface area contributed by atoms with Crippen molar-refractivity contribution in [3.05, 3.63) is 47.3 Å². The van der Waals surface area contributed by atoms with E-state index in [1.807, 2.05) is 17.7 Å². The van der Waals surface area contributed by atoms with Crippen LogP contribution in [0.3, 0.4) is 0 Å². The number of aromatic amines is 1. The van der Waals surface area contributed by atoms with E-state index in [9.17, 15) is 4.39 Å². The fourth-order valence-corrected chi connectivity index (χ4v) is 3.42. The van der Waals surface area contributed by atoms with Crippen LogP contribution in [0.25, 0.3) is 11.0 Å². The molecular weight excluding hydrogens is 321 g/mol. The highest BCUT2D eigenvalue weighted by Gasteiger charge is 2.23. The maximum absolute atomic E-state index is 13.8. The second kappa shape index (κ2) is 6.57. The minimum absolute atomic E-state index is 0.0906. The molecule has 3 aromatic rings.